The van der Waals surface area contributed by atoms with Gasteiger partial charge in [0.15, 0.2) is 0 Å². The molecule has 0 spiro atoms. The van der Waals surface area contributed by atoms with Gasteiger partial charge in [-0.15, -0.1) is 0 Å². The van der Waals surface area contributed by atoms with Gasteiger partial charge in [-0.05, 0) is 19.8 Å². The summed E-state index contributed by atoms with van der Waals surface area (Å²) < 4.78 is 5.22. The Morgan fingerprint density at radius 1 is 1.16 bits per heavy atom. The van der Waals surface area contributed by atoms with Crippen LogP contribution in [0.5, 0.6) is 0 Å². The van der Waals surface area contributed by atoms with Gasteiger partial charge in [-0.2, -0.15) is 0 Å². The van der Waals surface area contributed by atoms with E-state index in [4.69, 9.17) is 4.74 Å². The Bertz CT molecular complexity index is 321. The summed E-state index contributed by atoms with van der Waals surface area (Å²) in [5.74, 6) is 0.162. The first-order valence-corrected chi connectivity index (χ1v) is 7.35. The molecular weight excluding hydrogens is 244 g/mol. The van der Waals surface area contributed by atoms with Gasteiger partial charge in [0.25, 0.3) is 0 Å². The number of hydrogen-bond donors (Lipinski definition) is 1. The number of carbonyl (C=O) groups excluding carboxylic acids is 2. The van der Waals surface area contributed by atoms with Gasteiger partial charge in [0.1, 0.15) is 6.04 Å². The SMILES string of the molecule is C[C@H](NC(=O)C1CCCCC1)C(=O)N1CCOCC1. The van der Waals surface area contributed by atoms with Crippen LogP contribution < -0.4 is 5.32 Å². The van der Waals surface area contributed by atoms with Gasteiger partial charge in [-0.3, -0.25) is 9.59 Å². The van der Waals surface area contributed by atoms with E-state index in [9.17, 15) is 9.59 Å². The molecule has 108 valence electrons. The van der Waals surface area contributed by atoms with Crippen LogP contribution in [0.1, 0.15) is 39.0 Å². The van der Waals surface area contributed by atoms with Crippen molar-refractivity contribution in [3.05, 3.63) is 0 Å². The minimum absolute atomic E-state index is 0.00691. The lowest BCUT2D eigenvalue weighted by molar-refractivity contribution is -0.140. The number of rotatable bonds is 3. The maximum Gasteiger partial charge on any atom is 0.245 e. The first kappa shape index (κ1) is 14.3. The molecule has 1 saturated heterocycles. The molecule has 1 heterocycles. The summed E-state index contributed by atoms with van der Waals surface area (Å²) in [6, 6.07) is -0.424. The number of ether oxygens (including phenoxy) is 1. The van der Waals surface area contributed by atoms with Crippen molar-refractivity contribution in [1.29, 1.82) is 0 Å². The number of amides is 2. The zero-order valence-corrected chi connectivity index (χ0v) is 11.7. The van der Waals surface area contributed by atoms with E-state index in [0.717, 1.165) is 25.7 Å². The van der Waals surface area contributed by atoms with Gasteiger partial charge in [0.2, 0.25) is 11.8 Å². The first-order chi connectivity index (χ1) is 9.18. The molecule has 19 heavy (non-hydrogen) atoms. The lowest BCUT2D eigenvalue weighted by Crippen LogP contribution is -2.51. The topological polar surface area (TPSA) is 58.6 Å². The summed E-state index contributed by atoms with van der Waals surface area (Å²) in [7, 11) is 0. The van der Waals surface area contributed by atoms with Crippen molar-refractivity contribution in [1.82, 2.24) is 10.2 Å². The number of carbonyl (C=O) groups is 2. The van der Waals surface area contributed by atoms with Gasteiger partial charge < -0.3 is 15.0 Å². The average molecular weight is 268 g/mol. The molecule has 0 aromatic carbocycles. The fourth-order valence-corrected chi connectivity index (χ4v) is 2.82. The molecule has 0 bridgehead atoms. The van der Waals surface area contributed by atoms with E-state index in [2.05, 4.69) is 5.32 Å². The van der Waals surface area contributed by atoms with Gasteiger partial charge in [-0.25, -0.2) is 0 Å². The van der Waals surface area contributed by atoms with E-state index < -0.39 is 6.04 Å². The quantitative estimate of drug-likeness (QED) is 0.828. The molecular formula is C14H24N2O3. The minimum Gasteiger partial charge on any atom is -0.378 e. The van der Waals surface area contributed by atoms with Crippen molar-refractivity contribution in [3.8, 4) is 0 Å². The molecule has 0 aromatic rings. The third kappa shape index (κ3) is 3.93. The molecule has 1 N–H and O–H groups in total. The lowest BCUT2D eigenvalue weighted by Gasteiger charge is -2.30. The Balaban J connectivity index is 1.80. The highest BCUT2D eigenvalue weighted by atomic mass is 16.5. The molecule has 2 rings (SSSR count). The van der Waals surface area contributed by atoms with Crippen LogP contribution in [0.15, 0.2) is 0 Å². The standard InChI is InChI=1S/C14H24N2O3/c1-11(14(18)16-7-9-19-10-8-16)15-13(17)12-5-3-2-4-6-12/h11-12H,2-10H2,1H3,(H,15,17)/t11-/m0/s1. The molecule has 1 aliphatic heterocycles. The van der Waals surface area contributed by atoms with Crippen LogP contribution in [0, 0.1) is 5.92 Å². The zero-order valence-electron chi connectivity index (χ0n) is 11.7. The molecule has 1 saturated carbocycles. The molecule has 1 atom stereocenters. The number of hydrogen-bond acceptors (Lipinski definition) is 3. The van der Waals surface area contributed by atoms with Crippen molar-refractivity contribution in [2.45, 2.75) is 45.1 Å². The molecule has 2 fully saturated rings. The summed E-state index contributed by atoms with van der Waals surface area (Å²) in [5, 5.41) is 2.88. The smallest absolute Gasteiger partial charge is 0.245 e. The van der Waals surface area contributed by atoms with Crippen molar-refractivity contribution < 1.29 is 14.3 Å². The van der Waals surface area contributed by atoms with Crippen molar-refractivity contribution in [3.63, 3.8) is 0 Å². The Morgan fingerprint density at radius 2 is 1.79 bits per heavy atom. The molecule has 2 amide bonds. The second-order valence-electron chi connectivity index (χ2n) is 5.50. The van der Waals surface area contributed by atoms with Gasteiger partial charge in [0, 0.05) is 19.0 Å². The molecule has 0 aromatic heterocycles. The van der Waals surface area contributed by atoms with E-state index in [-0.39, 0.29) is 17.7 Å². The van der Waals surface area contributed by atoms with Crippen LogP contribution in [0.25, 0.3) is 0 Å². The predicted molar refractivity (Wildman–Crippen MR) is 71.6 cm³/mol. The van der Waals surface area contributed by atoms with Gasteiger partial charge in [0.05, 0.1) is 13.2 Å². The molecule has 5 nitrogen and oxygen atoms in total. The van der Waals surface area contributed by atoms with Crippen molar-refractivity contribution in [2.75, 3.05) is 26.3 Å². The van der Waals surface area contributed by atoms with E-state index in [1.807, 2.05) is 0 Å². The van der Waals surface area contributed by atoms with Crippen molar-refractivity contribution >= 4 is 11.8 Å². The van der Waals surface area contributed by atoms with E-state index in [1.165, 1.54) is 6.42 Å². The highest BCUT2D eigenvalue weighted by Gasteiger charge is 2.27. The van der Waals surface area contributed by atoms with Crippen LogP contribution in [-0.2, 0) is 14.3 Å². The second kappa shape index (κ2) is 6.89. The van der Waals surface area contributed by atoms with Crippen LogP contribution in [0.2, 0.25) is 0 Å². The minimum atomic E-state index is -0.424. The fourth-order valence-electron chi connectivity index (χ4n) is 2.82. The zero-order chi connectivity index (χ0) is 13.7. The molecule has 0 unspecified atom stereocenters. The maximum atomic E-state index is 12.2. The second-order valence-corrected chi connectivity index (χ2v) is 5.50. The average Bonchev–Trinajstić information content (AvgIpc) is 2.48. The van der Waals surface area contributed by atoms with Crippen LogP contribution in [0.3, 0.4) is 0 Å². The monoisotopic (exact) mass is 268 g/mol. The Hall–Kier alpha value is -1.10. The molecule has 1 aliphatic carbocycles. The number of nitrogens with one attached hydrogen (secondary N) is 1. The summed E-state index contributed by atoms with van der Waals surface area (Å²) in [6.07, 6.45) is 5.41. The molecule has 5 heteroatoms. The highest BCUT2D eigenvalue weighted by Crippen LogP contribution is 2.23. The van der Waals surface area contributed by atoms with Crippen LogP contribution in [0.4, 0.5) is 0 Å². The van der Waals surface area contributed by atoms with Gasteiger partial charge >= 0.3 is 0 Å². The molecule has 0 radical (unpaired) electrons. The van der Waals surface area contributed by atoms with E-state index in [1.54, 1.807) is 11.8 Å². The van der Waals surface area contributed by atoms with E-state index in [0.29, 0.717) is 26.3 Å². The molecule has 2 aliphatic rings. The fraction of sp³-hybridized carbons (Fsp3) is 0.857. The van der Waals surface area contributed by atoms with E-state index >= 15 is 0 Å². The number of morpholine rings is 1. The van der Waals surface area contributed by atoms with Crippen LogP contribution in [-0.4, -0.2) is 49.1 Å². The largest absolute Gasteiger partial charge is 0.378 e. The Morgan fingerprint density at radius 3 is 2.42 bits per heavy atom. The van der Waals surface area contributed by atoms with Crippen LogP contribution >= 0.6 is 0 Å². The summed E-state index contributed by atoms with van der Waals surface area (Å²) >= 11 is 0. The Kier molecular flexibility index (Phi) is 5.19. The van der Waals surface area contributed by atoms with Crippen molar-refractivity contribution in [2.24, 2.45) is 5.92 Å². The lowest BCUT2D eigenvalue weighted by atomic mass is 9.88. The summed E-state index contributed by atoms with van der Waals surface area (Å²) in [6.45, 7) is 4.22. The Labute approximate surface area is 114 Å². The first-order valence-electron chi connectivity index (χ1n) is 7.35. The highest BCUT2D eigenvalue weighted by molar-refractivity contribution is 5.88. The normalized spacial score (nSPS) is 22.9. The summed E-state index contributed by atoms with van der Waals surface area (Å²) in [4.78, 5) is 26.0. The van der Waals surface area contributed by atoms with Gasteiger partial charge in [-0.1, -0.05) is 19.3 Å². The summed E-state index contributed by atoms with van der Waals surface area (Å²) in [5.41, 5.74) is 0. The predicted octanol–water partition coefficient (Wildman–Crippen LogP) is 0.930. The third-order valence-corrected chi connectivity index (χ3v) is 4.03. The maximum absolute atomic E-state index is 12.2. The number of nitrogens with zero attached hydrogens (tertiary/aromatic N) is 1. The third-order valence-electron chi connectivity index (χ3n) is 4.03.